The summed E-state index contributed by atoms with van der Waals surface area (Å²) in [6.45, 7) is 6.92. The lowest BCUT2D eigenvalue weighted by atomic mass is 9.97. The Labute approximate surface area is 99.0 Å². The van der Waals surface area contributed by atoms with Gasteiger partial charge < -0.3 is 10.8 Å². The maximum Gasteiger partial charge on any atom is 0.0756 e. The largest absolute Gasteiger partial charge is 0.389 e. The minimum Gasteiger partial charge on any atom is -0.389 e. The summed E-state index contributed by atoms with van der Waals surface area (Å²) < 4.78 is 0. The highest BCUT2D eigenvalue weighted by atomic mass is 16.3. The molecule has 16 heavy (non-hydrogen) atoms. The molecule has 0 aromatic heterocycles. The summed E-state index contributed by atoms with van der Waals surface area (Å²) in [5.74, 6) is 1.87. The second-order valence-electron chi connectivity index (χ2n) is 6.16. The predicted molar refractivity (Wildman–Crippen MR) is 66.2 cm³/mol. The molecule has 1 heterocycles. The summed E-state index contributed by atoms with van der Waals surface area (Å²) in [5.41, 5.74) is 4.88. The molecule has 0 amide bonds. The van der Waals surface area contributed by atoms with E-state index in [2.05, 4.69) is 11.8 Å². The summed E-state index contributed by atoms with van der Waals surface area (Å²) >= 11 is 0. The second kappa shape index (κ2) is 4.63. The van der Waals surface area contributed by atoms with Gasteiger partial charge in [0.2, 0.25) is 0 Å². The van der Waals surface area contributed by atoms with Crippen molar-refractivity contribution in [2.24, 2.45) is 17.6 Å². The normalized spacial score (nSPS) is 36.0. The van der Waals surface area contributed by atoms with Crippen LogP contribution in [0.25, 0.3) is 0 Å². The lowest BCUT2D eigenvalue weighted by Crippen LogP contribution is -2.43. The highest BCUT2D eigenvalue weighted by Crippen LogP contribution is 2.39. The molecule has 0 aromatic rings. The number of nitrogens with two attached hydrogens (primary N) is 1. The van der Waals surface area contributed by atoms with Crippen molar-refractivity contribution in [1.82, 2.24) is 4.90 Å². The van der Waals surface area contributed by atoms with E-state index in [1.165, 1.54) is 32.4 Å². The van der Waals surface area contributed by atoms with E-state index < -0.39 is 5.60 Å². The Kier molecular flexibility index (Phi) is 3.57. The fourth-order valence-electron chi connectivity index (χ4n) is 3.48. The summed E-state index contributed by atoms with van der Waals surface area (Å²) in [7, 11) is 0. The Balaban J connectivity index is 1.85. The lowest BCUT2D eigenvalue weighted by molar-refractivity contribution is 0.0317. The molecule has 3 heteroatoms. The SMILES string of the molecule is CC(CC(C)(O)CN)N1CC2CCCC2C1. The van der Waals surface area contributed by atoms with E-state index in [9.17, 15) is 5.11 Å². The first-order chi connectivity index (χ1) is 7.52. The zero-order valence-corrected chi connectivity index (χ0v) is 10.7. The molecule has 4 atom stereocenters. The minimum atomic E-state index is -0.697. The van der Waals surface area contributed by atoms with Crippen LogP contribution in [0.3, 0.4) is 0 Å². The molecule has 0 bridgehead atoms. The van der Waals surface area contributed by atoms with Gasteiger partial charge in [-0.1, -0.05) is 6.42 Å². The van der Waals surface area contributed by atoms with Gasteiger partial charge in [0, 0.05) is 25.7 Å². The molecular weight excluding hydrogens is 200 g/mol. The van der Waals surface area contributed by atoms with Gasteiger partial charge in [-0.05, 0) is 44.9 Å². The van der Waals surface area contributed by atoms with Crippen LogP contribution in [-0.4, -0.2) is 41.3 Å². The van der Waals surface area contributed by atoms with Crippen molar-refractivity contribution >= 4 is 0 Å². The van der Waals surface area contributed by atoms with E-state index in [4.69, 9.17) is 5.73 Å². The van der Waals surface area contributed by atoms with Gasteiger partial charge in [0.25, 0.3) is 0 Å². The zero-order chi connectivity index (χ0) is 11.8. The quantitative estimate of drug-likeness (QED) is 0.757. The van der Waals surface area contributed by atoms with Crippen LogP contribution in [0, 0.1) is 11.8 Å². The van der Waals surface area contributed by atoms with Crippen LogP contribution in [0.15, 0.2) is 0 Å². The fourth-order valence-corrected chi connectivity index (χ4v) is 3.48. The van der Waals surface area contributed by atoms with Gasteiger partial charge in [0.1, 0.15) is 0 Å². The average molecular weight is 226 g/mol. The Hall–Kier alpha value is -0.120. The van der Waals surface area contributed by atoms with Gasteiger partial charge in [-0.2, -0.15) is 0 Å². The number of hydrogen-bond donors (Lipinski definition) is 2. The molecule has 0 radical (unpaired) electrons. The first kappa shape index (κ1) is 12.3. The van der Waals surface area contributed by atoms with E-state index in [1.54, 1.807) is 0 Å². The molecule has 2 aliphatic rings. The Morgan fingerprint density at radius 2 is 1.94 bits per heavy atom. The first-order valence-electron chi connectivity index (χ1n) is 6.68. The number of nitrogens with zero attached hydrogens (tertiary/aromatic N) is 1. The van der Waals surface area contributed by atoms with Gasteiger partial charge >= 0.3 is 0 Å². The average Bonchev–Trinajstić information content (AvgIpc) is 2.75. The Morgan fingerprint density at radius 3 is 2.44 bits per heavy atom. The van der Waals surface area contributed by atoms with E-state index in [-0.39, 0.29) is 0 Å². The van der Waals surface area contributed by atoms with Crippen molar-refractivity contribution in [3.63, 3.8) is 0 Å². The van der Waals surface area contributed by atoms with Crippen LogP contribution in [-0.2, 0) is 0 Å². The van der Waals surface area contributed by atoms with Crippen molar-refractivity contribution in [2.75, 3.05) is 19.6 Å². The molecule has 0 spiro atoms. The van der Waals surface area contributed by atoms with E-state index in [1.807, 2.05) is 6.92 Å². The minimum absolute atomic E-state index is 0.359. The molecule has 94 valence electrons. The molecule has 4 unspecified atom stereocenters. The van der Waals surface area contributed by atoms with E-state index in [0.29, 0.717) is 12.6 Å². The van der Waals surface area contributed by atoms with Crippen LogP contribution < -0.4 is 5.73 Å². The lowest BCUT2D eigenvalue weighted by Gasteiger charge is -2.31. The smallest absolute Gasteiger partial charge is 0.0756 e. The predicted octanol–water partition coefficient (Wildman–Crippen LogP) is 1.21. The second-order valence-corrected chi connectivity index (χ2v) is 6.16. The van der Waals surface area contributed by atoms with Crippen LogP contribution in [0.4, 0.5) is 0 Å². The number of fused-ring (bicyclic) bond motifs is 1. The molecule has 1 aliphatic carbocycles. The van der Waals surface area contributed by atoms with Crippen LogP contribution >= 0.6 is 0 Å². The van der Waals surface area contributed by atoms with Crippen molar-refractivity contribution in [1.29, 1.82) is 0 Å². The van der Waals surface area contributed by atoms with Crippen molar-refractivity contribution in [3.05, 3.63) is 0 Å². The molecular formula is C13H26N2O. The van der Waals surface area contributed by atoms with E-state index in [0.717, 1.165) is 18.3 Å². The van der Waals surface area contributed by atoms with E-state index >= 15 is 0 Å². The summed E-state index contributed by atoms with van der Waals surface area (Å²) in [6, 6.07) is 0.462. The van der Waals surface area contributed by atoms with Gasteiger partial charge in [0.05, 0.1) is 5.60 Å². The number of rotatable bonds is 4. The maximum absolute atomic E-state index is 10.0. The third-order valence-corrected chi connectivity index (χ3v) is 4.55. The Morgan fingerprint density at radius 1 is 1.38 bits per heavy atom. The van der Waals surface area contributed by atoms with Gasteiger partial charge in [-0.3, -0.25) is 4.90 Å². The van der Waals surface area contributed by atoms with Gasteiger partial charge in [-0.25, -0.2) is 0 Å². The summed E-state index contributed by atoms with van der Waals surface area (Å²) in [4.78, 5) is 2.55. The Bertz CT molecular complexity index is 230. The van der Waals surface area contributed by atoms with Crippen molar-refractivity contribution in [3.8, 4) is 0 Å². The maximum atomic E-state index is 10.0. The summed E-state index contributed by atoms with van der Waals surface area (Å²) in [5, 5.41) is 10.0. The highest BCUT2D eigenvalue weighted by Gasteiger charge is 2.38. The summed E-state index contributed by atoms with van der Waals surface area (Å²) in [6.07, 6.45) is 5.06. The zero-order valence-electron chi connectivity index (χ0n) is 10.7. The first-order valence-corrected chi connectivity index (χ1v) is 6.68. The molecule has 1 aliphatic heterocycles. The van der Waals surface area contributed by atoms with Gasteiger partial charge in [-0.15, -0.1) is 0 Å². The molecule has 2 rings (SSSR count). The fraction of sp³-hybridized carbons (Fsp3) is 1.00. The monoisotopic (exact) mass is 226 g/mol. The molecule has 2 fully saturated rings. The number of hydrogen-bond acceptors (Lipinski definition) is 3. The molecule has 0 aromatic carbocycles. The number of aliphatic hydroxyl groups is 1. The molecule has 3 N–H and O–H groups in total. The molecule has 1 saturated heterocycles. The van der Waals surface area contributed by atoms with Crippen LogP contribution in [0.5, 0.6) is 0 Å². The topological polar surface area (TPSA) is 49.5 Å². The standard InChI is InChI=1S/C13H26N2O/c1-10(6-13(2,16)9-14)15-7-11-4-3-5-12(11)8-15/h10-12,16H,3-9,14H2,1-2H3. The van der Waals surface area contributed by atoms with Crippen molar-refractivity contribution in [2.45, 2.75) is 51.2 Å². The van der Waals surface area contributed by atoms with Crippen LogP contribution in [0.2, 0.25) is 0 Å². The number of likely N-dealkylation sites (tertiary alicyclic amines) is 1. The molecule has 1 saturated carbocycles. The highest BCUT2D eigenvalue weighted by molar-refractivity contribution is 4.92. The third-order valence-electron chi connectivity index (χ3n) is 4.55. The van der Waals surface area contributed by atoms with Crippen molar-refractivity contribution < 1.29 is 5.11 Å². The van der Waals surface area contributed by atoms with Gasteiger partial charge in [0.15, 0.2) is 0 Å². The molecule has 3 nitrogen and oxygen atoms in total. The van der Waals surface area contributed by atoms with Crippen LogP contribution in [0.1, 0.15) is 39.5 Å². The third kappa shape index (κ3) is 2.58.